The van der Waals surface area contributed by atoms with Gasteiger partial charge in [0.05, 0.1) is 0 Å². The van der Waals surface area contributed by atoms with Gasteiger partial charge in [0.2, 0.25) is 0 Å². The first kappa shape index (κ1) is 17.0. The largest absolute Gasteiger partial charge is 0.337 e. The van der Waals surface area contributed by atoms with Gasteiger partial charge in [0.1, 0.15) is 17.3 Å². The van der Waals surface area contributed by atoms with Gasteiger partial charge in [-0.15, -0.1) is 0 Å². The van der Waals surface area contributed by atoms with Crippen LogP contribution in [0.5, 0.6) is 0 Å². The number of aromatic nitrogens is 2. The normalized spacial score (nSPS) is 20.0. The van der Waals surface area contributed by atoms with Gasteiger partial charge >= 0.3 is 0 Å². The van der Waals surface area contributed by atoms with Crippen molar-refractivity contribution in [3.05, 3.63) is 47.4 Å². The Bertz CT molecular complexity index is 811. The average molecular weight is 350 g/mol. The second kappa shape index (κ2) is 7.06. The molecule has 1 aromatic heterocycles. The van der Waals surface area contributed by atoms with E-state index >= 15 is 0 Å². The monoisotopic (exact) mass is 350 g/mol. The van der Waals surface area contributed by atoms with Crippen molar-refractivity contribution in [3.63, 3.8) is 0 Å². The van der Waals surface area contributed by atoms with Crippen molar-refractivity contribution in [2.24, 2.45) is 0 Å². The maximum Gasteiger partial charge on any atom is 0.272 e. The van der Waals surface area contributed by atoms with E-state index in [-0.39, 0.29) is 5.91 Å². The van der Waals surface area contributed by atoms with Crippen LogP contribution in [0.25, 0.3) is 0 Å². The number of benzene rings is 1. The number of amides is 1. The lowest BCUT2D eigenvalue weighted by Gasteiger charge is -2.25. The molecule has 3 heterocycles. The van der Waals surface area contributed by atoms with Crippen LogP contribution < -0.4 is 4.90 Å². The van der Waals surface area contributed by atoms with Crippen molar-refractivity contribution in [1.82, 2.24) is 14.9 Å². The Hall–Kier alpha value is -2.43. The van der Waals surface area contributed by atoms with E-state index in [2.05, 4.69) is 46.1 Å². The number of nitrogens with zero attached hydrogens (tertiary/aromatic N) is 4. The summed E-state index contributed by atoms with van der Waals surface area (Å²) in [5, 5.41) is 0. The fourth-order valence-corrected chi connectivity index (χ4v) is 4.14. The minimum Gasteiger partial charge on any atom is -0.337 e. The summed E-state index contributed by atoms with van der Waals surface area (Å²) in [6.07, 6.45) is 5.58. The molecule has 2 aliphatic heterocycles. The summed E-state index contributed by atoms with van der Waals surface area (Å²) in [6.45, 7) is 5.74. The zero-order valence-corrected chi connectivity index (χ0v) is 15.6. The van der Waals surface area contributed by atoms with Gasteiger partial charge in [0, 0.05) is 30.9 Å². The first-order valence-electron chi connectivity index (χ1n) is 9.65. The van der Waals surface area contributed by atoms with Gasteiger partial charge in [-0.2, -0.15) is 0 Å². The third-order valence-corrected chi connectivity index (χ3v) is 5.39. The van der Waals surface area contributed by atoms with E-state index in [1.165, 1.54) is 24.1 Å². The Morgan fingerprint density at radius 1 is 1.08 bits per heavy atom. The van der Waals surface area contributed by atoms with Crippen molar-refractivity contribution >= 4 is 17.4 Å². The van der Waals surface area contributed by atoms with Crippen molar-refractivity contribution in [2.45, 2.75) is 52.0 Å². The van der Waals surface area contributed by atoms with Crippen LogP contribution in [0.1, 0.15) is 54.5 Å². The zero-order valence-electron chi connectivity index (χ0n) is 15.6. The summed E-state index contributed by atoms with van der Waals surface area (Å²) in [5.41, 5.74) is 3.04. The molecule has 2 aliphatic rings. The lowest BCUT2D eigenvalue weighted by molar-refractivity contribution is 0.0755. The van der Waals surface area contributed by atoms with Crippen LogP contribution >= 0.6 is 0 Å². The maximum absolute atomic E-state index is 13.0. The SMILES string of the molecule is Cc1nc(C(=O)N2CCCCCC2)cc(N2c3ccccc3CC2C)n1. The average Bonchev–Trinajstić information content (AvgIpc) is 2.80. The number of hydrogen-bond donors (Lipinski definition) is 0. The first-order valence-corrected chi connectivity index (χ1v) is 9.65. The van der Waals surface area contributed by atoms with E-state index in [4.69, 9.17) is 0 Å². The molecule has 26 heavy (non-hydrogen) atoms. The predicted octanol–water partition coefficient (Wildman–Crippen LogP) is 3.88. The third-order valence-electron chi connectivity index (χ3n) is 5.39. The van der Waals surface area contributed by atoms with E-state index in [0.717, 1.165) is 38.2 Å². The lowest BCUT2D eigenvalue weighted by Crippen LogP contribution is -2.33. The summed E-state index contributed by atoms with van der Waals surface area (Å²) >= 11 is 0. The summed E-state index contributed by atoms with van der Waals surface area (Å²) in [5.74, 6) is 1.52. The summed E-state index contributed by atoms with van der Waals surface area (Å²) < 4.78 is 0. The Morgan fingerprint density at radius 2 is 1.81 bits per heavy atom. The van der Waals surface area contributed by atoms with E-state index in [1.54, 1.807) is 0 Å². The summed E-state index contributed by atoms with van der Waals surface area (Å²) in [7, 11) is 0. The second-order valence-corrected chi connectivity index (χ2v) is 7.42. The van der Waals surface area contributed by atoms with Crippen molar-refractivity contribution < 1.29 is 4.79 Å². The molecule has 1 saturated heterocycles. The first-order chi connectivity index (χ1) is 12.6. The van der Waals surface area contributed by atoms with Gasteiger partial charge in [-0.1, -0.05) is 31.0 Å². The maximum atomic E-state index is 13.0. The van der Waals surface area contributed by atoms with E-state index in [1.807, 2.05) is 17.9 Å². The van der Waals surface area contributed by atoms with Crippen LogP contribution in [-0.4, -0.2) is 39.9 Å². The number of fused-ring (bicyclic) bond motifs is 1. The zero-order chi connectivity index (χ0) is 18.1. The molecule has 0 bridgehead atoms. The molecular formula is C21H26N4O. The van der Waals surface area contributed by atoms with Gasteiger partial charge in [0.25, 0.3) is 5.91 Å². The van der Waals surface area contributed by atoms with E-state index < -0.39 is 0 Å². The van der Waals surface area contributed by atoms with Gasteiger partial charge in [0.15, 0.2) is 0 Å². The van der Waals surface area contributed by atoms with Gasteiger partial charge in [-0.25, -0.2) is 9.97 Å². The Balaban J connectivity index is 1.67. The number of carbonyl (C=O) groups excluding carboxylic acids is 1. The molecule has 1 amide bonds. The molecule has 1 fully saturated rings. The van der Waals surface area contributed by atoms with E-state index in [9.17, 15) is 4.79 Å². The number of anilines is 2. The molecule has 1 atom stereocenters. The number of para-hydroxylation sites is 1. The highest BCUT2D eigenvalue weighted by Crippen LogP contribution is 2.37. The Kier molecular flexibility index (Phi) is 4.62. The Morgan fingerprint density at radius 3 is 2.58 bits per heavy atom. The molecule has 1 unspecified atom stereocenters. The van der Waals surface area contributed by atoms with Crippen LogP contribution in [0, 0.1) is 6.92 Å². The van der Waals surface area contributed by atoms with E-state index in [0.29, 0.717) is 17.6 Å². The smallest absolute Gasteiger partial charge is 0.272 e. The van der Waals surface area contributed by atoms with Crippen LogP contribution in [-0.2, 0) is 6.42 Å². The summed E-state index contributed by atoms with van der Waals surface area (Å²) in [6, 6.07) is 10.6. The second-order valence-electron chi connectivity index (χ2n) is 7.42. The molecule has 5 heteroatoms. The van der Waals surface area contributed by atoms with Gasteiger partial charge in [-0.3, -0.25) is 4.79 Å². The van der Waals surface area contributed by atoms with Crippen molar-refractivity contribution in [1.29, 1.82) is 0 Å². The molecule has 2 aromatic rings. The molecule has 0 N–H and O–H groups in total. The molecule has 0 aliphatic carbocycles. The number of rotatable bonds is 2. The minimum atomic E-state index is 0.0405. The molecular weight excluding hydrogens is 324 g/mol. The van der Waals surface area contributed by atoms with Crippen LogP contribution in [0.3, 0.4) is 0 Å². The Labute approximate surface area is 155 Å². The molecule has 4 rings (SSSR count). The van der Waals surface area contributed by atoms with Crippen molar-refractivity contribution in [2.75, 3.05) is 18.0 Å². The highest BCUT2D eigenvalue weighted by molar-refractivity contribution is 5.93. The highest BCUT2D eigenvalue weighted by Gasteiger charge is 2.29. The van der Waals surface area contributed by atoms with Crippen LogP contribution in [0.15, 0.2) is 30.3 Å². The van der Waals surface area contributed by atoms with Crippen LogP contribution in [0.4, 0.5) is 11.5 Å². The molecule has 0 spiro atoms. The quantitative estimate of drug-likeness (QED) is 0.825. The number of likely N-dealkylation sites (tertiary alicyclic amines) is 1. The molecule has 0 radical (unpaired) electrons. The molecule has 1 aromatic carbocycles. The number of aryl methyl sites for hydroxylation is 1. The predicted molar refractivity (Wildman–Crippen MR) is 103 cm³/mol. The van der Waals surface area contributed by atoms with Gasteiger partial charge in [-0.05, 0) is 44.7 Å². The molecule has 5 nitrogen and oxygen atoms in total. The molecule has 0 saturated carbocycles. The number of carbonyl (C=O) groups is 1. The van der Waals surface area contributed by atoms with Gasteiger partial charge < -0.3 is 9.80 Å². The topological polar surface area (TPSA) is 49.3 Å². The summed E-state index contributed by atoms with van der Waals surface area (Å²) in [4.78, 5) is 26.3. The van der Waals surface area contributed by atoms with Crippen LogP contribution in [0.2, 0.25) is 0 Å². The molecule has 136 valence electrons. The fraction of sp³-hybridized carbons (Fsp3) is 0.476. The lowest BCUT2D eigenvalue weighted by atomic mass is 10.1. The standard InChI is InChI=1S/C21H26N4O/c1-15-13-17-9-5-6-10-19(17)25(15)20-14-18(22-16(2)23-20)21(26)24-11-7-3-4-8-12-24/h5-6,9-10,14-15H,3-4,7-8,11-13H2,1-2H3. The highest BCUT2D eigenvalue weighted by atomic mass is 16.2. The third kappa shape index (κ3) is 3.18. The fourth-order valence-electron chi connectivity index (χ4n) is 4.14. The minimum absolute atomic E-state index is 0.0405. The van der Waals surface area contributed by atoms with Crippen molar-refractivity contribution in [3.8, 4) is 0 Å². The number of hydrogen-bond acceptors (Lipinski definition) is 4.